The van der Waals surface area contributed by atoms with E-state index in [0.717, 1.165) is 25.0 Å². The van der Waals surface area contributed by atoms with Gasteiger partial charge in [0.2, 0.25) is 0 Å². The molecule has 5 rings (SSSR count). The molecule has 2 aliphatic heterocycles. The van der Waals surface area contributed by atoms with Crippen molar-refractivity contribution in [3.05, 3.63) is 86.7 Å². The predicted molar refractivity (Wildman–Crippen MR) is 118 cm³/mol. The largest absolute Gasteiger partial charge is 0.336 e. The second-order valence-electron chi connectivity index (χ2n) is 8.60. The van der Waals surface area contributed by atoms with Gasteiger partial charge in [-0.15, -0.1) is 0 Å². The number of hydrogen-bond donors (Lipinski definition) is 1. The van der Waals surface area contributed by atoms with Crippen LogP contribution in [0.15, 0.2) is 64.2 Å². The number of amides is 1. The van der Waals surface area contributed by atoms with Crippen LogP contribution in [-0.2, 0) is 0 Å². The van der Waals surface area contributed by atoms with E-state index in [1.165, 1.54) is 10.7 Å². The Labute approximate surface area is 179 Å². The van der Waals surface area contributed by atoms with Gasteiger partial charge in [-0.3, -0.25) is 19.5 Å². The van der Waals surface area contributed by atoms with E-state index in [9.17, 15) is 14.4 Å². The minimum Gasteiger partial charge on any atom is -0.336 e. The molecule has 3 atom stereocenters. The number of aromatic amines is 1. The highest BCUT2D eigenvalue weighted by atomic mass is 16.2. The maximum Gasteiger partial charge on any atom is 0.271 e. The van der Waals surface area contributed by atoms with Crippen LogP contribution in [0.25, 0.3) is 5.69 Å². The molecule has 2 aliphatic rings. The van der Waals surface area contributed by atoms with Crippen LogP contribution < -0.4 is 11.1 Å². The maximum absolute atomic E-state index is 13.3. The molecule has 4 heterocycles. The molecule has 1 saturated heterocycles. The van der Waals surface area contributed by atoms with E-state index in [1.54, 1.807) is 6.07 Å². The average molecular weight is 418 g/mol. The van der Waals surface area contributed by atoms with Crippen molar-refractivity contribution in [2.45, 2.75) is 38.1 Å². The van der Waals surface area contributed by atoms with Crippen molar-refractivity contribution < 1.29 is 4.79 Å². The third kappa shape index (κ3) is 3.34. The number of nitrogens with one attached hydrogen (secondary N) is 1. The Balaban J connectivity index is 1.47. The van der Waals surface area contributed by atoms with Crippen LogP contribution in [0, 0.1) is 5.92 Å². The molecule has 7 nitrogen and oxygen atoms in total. The molecule has 0 unspecified atom stereocenters. The monoisotopic (exact) mass is 418 g/mol. The molecule has 0 aliphatic carbocycles. The third-order valence-corrected chi connectivity index (χ3v) is 6.64. The van der Waals surface area contributed by atoms with Gasteiger partial charge in [0.15, 0.2) is 0 Å². The van der Waals surface area contributed by atoms with Crippen LogP contribution in [0.3, 0.4) is 0 Å². The number of likely N-dealkylation sites (tertiary alicyclic amines) is 1. The van der Waals surface area contributed by atoms with Crippen LogP contribution in [0.2, 0.25) is 0 Å². The smallest absolute Gasteiger partial charge is 0.271 e. The number of para-hydroxylation sites is 1. The summed E-state index contributed by atoms with van der Waals surface area (Å²) < 4.78 is 3.37. The molecule has 1 fully saturated rings. The van der Waals surface area contributed by atoms with Crippen molar-refractivity contribution in [3.8, 4) is 5.69 Å². The molecule has 31 heavy (non-hydrogen) atoms. The number of carbonyl (C=O) groups is 1. The Morgan fingerprint density at radius 2 is 1.84 bits per heavy atom. The van der Waals surface area contributed by atoms with Crippen LogP contribution in [-0.4, -0.2) is 38.2 Å². The summed E-state index contributed by atoms with van der Waals surface area (Å²) >= 11 is 0. The zero-order valence-corrected chi connectivity index (χ0v) is 17.5. The van der Waals surface area contributed by atoms with Crippen LogP contribution in [0.1, 0.15) is 54.3 Å². The number of nitrogens with zero attached hydrogens (tertiary/aromatic N) is 3. The molecule has 3 aromatic rings. The summed E-state index contributed by atoms with van der Waals surface area (Å²) in [5, 5.41) is 2.98. The summed E-state index contributed by atoms with van der Waals surface area (Å²) in [6.45, 7) is 3.28. The highest BCUT2D eigenvalue weighted by Crippen LogP contribution is 2.42. The number of rotatable bonds is 4. The average Bonchev–Trinajstić information content (AvgIpc) is 3.18. The normalized spacial score (nSPS) is 22.2. The summed E-state index contributed by atoms with van der Waals surface area (Å²) in [6.07, 6.45) is 2.88. The van der Waals surface area contributed by atoms with Gasteiger partial charge in [-0.2, -0.15) is 0 Å². The number of hydrogen-bond acceptors (Lipinski definition) is 3. The molecular weight excluding hydrogens is 392 g/mol. The fourth-order valence-corrected chi connectivity index (χ4v) is 5.32. The lowest BCUT2D eigenvalue weighted by Crippen LogP contribution is -2.51. The fraction of sp³-hybridized carbons (Fsp3) is 0.375. The number of piperidine rings is 1. The van der Waals surface area contributed by atoms with Crippen molar-refractivity contribution in [1.29, 1.82) is 0 Å². The van der Waals surface area contributed by atoms with Gasteiger partial charge in [-0.05, 0) is 37.0 Å². The molecule has 7 heteroatoms. The number of pyridine rings is 1. The molecule has 1 amide bonds. The van der Waals surface area contributed by atoms with Gasteiger partial charge in [0.1, 0.15) is 5.69 Å². The lowest BCUT2D eigenvalue weighted by Gasteiger charge is -2.47. The maximum atomic E-state index is 13.3. The topological polar surface area (TPSA) is 80.1 Å². The van der Waals surface area contributed by atoms with Crippen LogP contribution in [0.5, 0.6) is 0 Å². The Bertz CT molecular complexity index is 1220. The van der Waals surface area contributed by atoms with E-state index in [2.05, 4.69) is 12.0 Å². The second kappa shape index (κ2) is 7.72. The molecule has 1 N–H and O–H groups in total. The first-order valence-corrected chi connectivity index (χ1v) is 10.9. The van der Waals surface area contributed by atoms with Crippen LogP contribution >= 0.6 is 0 Å². The highest BCUT2D eigenvalue weighted by molar-refractivity contribution is 5.92. The molecule has 160 valence electrons. The summed E-state index contributed by atoms with van der Waals surface area (Å²) in [7, 11) is 0. The fourth-order valence-electron chi connectivity index (χ4n) is 5.32. The third-order valence-electron chi connectivity index (χ3n) is 6.64. The number of H-pyrrole nitrogens is 1. The van der Waals surface area contributed by atoms with Gasteiger partial charge in [-0.25, -0.2) is 4.68 Å². The molecular formula is C24H26N4O3. The predicted octanol–water partition coefficient (Wildman–Crippen LogP) is 2.93. The summed E-state index contributed by atoms with van der Waals surface area (Å²) in [5.41, 5.74) is 1.81. The number of carbonyl (C=O) groups excluding carboxylic acids is 1. The first kappa shape index (κ1) is 19.6. The SMILES string of the molecule is CCC[C@H]1[C@H]2C[C@H](CN(C(=O)c3cc(=O)n(-c4ccccc4)[nH]3)C2)c2cccc(=O)n21. The summed E-state index contributed by atoms with van der Waals surface area (Å²) in [5.74, 6) is 0.203. The molecule has 0 radical (unpaired) electrons. The quantitative estimate of drug-likeness (QED) is 0.707. The van der Waals surface area contributed by atoms with Crippen molar-refractivity contribution in [1.82, 2.24) is 19.2 Å². The lowest BCUT2D eigenvalue weighted by atomic mass is 9.77. The van der Waals surface area contributed by atoms with E-state index in [0.29, 0.717) is 24.5 Å². The zero-order chi connectivity index (χ0) is 21.5. The summed E-state index contributed by atoms with van der Waals surface area (Å²) in [4.78, 5) is 40.3. The van der Waals surface area contributed by atoms with Gasteiger partial charge >= 0.3 is 0 Å². The summed E-state index contributed by atoms with van der Waals surface area (Å²) in [6, 6.07) is 16.2. The molecule has 0 saturated carbocycles. The first-order chi connectivity index (χ1) is 15.1. The van der Waals surface area contributed by atoms with Crippen molar-refractivity contribution in [2.24, 2.45) is 5.92 Å². The zero-order valence-electron chi connectivity index (χ0n) is 17.5. The second-order valence-corrected chi connectivity index (χ2v) is 8.60. The molecule has 2 bridgehead atoms. The van der Waals surface area contributed by atoms with E-state index in [-0.39, 0.29) is 34.9 Å². The van der Waals surface area contributed by atoms with E-state index >= 15 is 0 Å². The van der Waals surface area contributed by atoms with Gasteiger partial charge < -0.3 is 9.47 Å². The number of aromatic nitrogens is 3. The van der Waals surface area contributed by atoms with Crippen LogP contribution in [0.4, 0.5) is 0 Å². The van der Waals surface area contributed by atoms with Gasteiger partial charge in [0, 0.05) is 42.9 Å². The van der Waals surface area contributed by atoms with Crippen molar-refractivity contribution in [3.63, 3.8) is 0 Å². The van der Waals surface area contributed by atoms with Crippen molar-refractivity contribution >= 4 is 5.91 Å². The highest BCUT2D eigenvalue weighted by Gasteiger charge is 2.41. The Morgan fingerprint density at radius 1 is 1.03 bits per heavy atom. The number of benzene rings is 1. The standard InChI is InChI=1S/C24H26N4O3/c1-2-7-20-16-12-17(21-10-6-11-22(29)27(20)21)15-26(14-16)24(31)19-13-23(30)28(25-19)18-8-4-3-5-9-18/h3-6,8-11,13,16-17,20,25H,2,7,12,14-15H2,1H3/t16-,17+,20-/m0/s1. The van der Waals surface area contributed by atoms with Gasteiger partial charge in [-0.1, -0.05) is 37.6 Å². The molecule has 1 aromatic carbocycles. The number of fused-ring (bicyclic) bond motifs is 4. The minimum atomic E-state index is -0.257. The van der Waals surface area contributed by atoms with Gasteiger partial charge in [0.25, 0.3) is 17.0 Å². The lowest BCUT2D eigenvalue weighted by molar-refractivity contribution is 0.0513. The first-order valence-electron chi connectivity index (χ1n) is 10.9. The van der Waals surface area contributed by atoms with Crippen molar-refractivity contribution in [2.75, 3.05) is 13.1 Å². The van der Waals surface area contributed by atoms with E-state index in [1.807, 2.05) is 51.9 Å². The Hall–Kier alpha value is -3.35. The molecule has 0 spiro atoms. The Morgan fingerprint density at radius 3 is 2.61 bits per heavy atom. The van der Waals surface area contributed by atoms with Gasteiger partial charge in [0.05, 0.1) is 5.69 Å². The van der Waals surface area contributed by atoms with E-state index < -0.39 is 0 Å². The molecule has 2 aromatic heterocycles. The van der Waals surface area contributed by atoms with E-state index in [4.69, 9.17) is 0 Å². The minimum absolute atomic E-state index is 0.0506. The Kier molecular flexibility index (Phi) is 4.88.